The molecule has 6 aromatic rings. The molecule has 6 rings (SSSR count). The maximum absolute atomic E-state index is 11.9. The molecule has 0 aliphatic carbocycles. The summed E-state index contributed by atoms with van der Waals surface area (Å²) in [5, 5.41) is 6.67. The molecule has 0 atom stereocenters. The van der Waals surface area contributed by atoms with Crippen molar-refractivity contribution < 1.29 is 14.7 Å². The van der Waals surface area contributed by atoms with Crippen LogP contribution in [0, 0.1) is 0 Å². The lowest BCUT2D eigenvalue weighted by atomic mass is 9.72. The minimum Gasteiger partial charge on any atom is -0.189 e. The standard InChI is InChI=1S/C50H62O3P/c1-46(2,3)34-22-20-30-26-38(40(48(7,8)9)28-32(30)24-34)42-36-18-16-17-19-37(36)43(45(54(51,52)53)44(42)50(13,14)15)39-27-31-21-23-35(47(4,5)6)25-33(31)29-41(39)49(10,11)12/h16-29,51-53H,1-15H3/q+1. The highest BCUT2D eigenvalue weighted by Gasteiger charge is 2.47. The monoisotopic (exact) mass is 741 g/mol. The lowest BCUT2D eigenvalue weighted by molar-refractivity contribution is 0.346. The van der Waals surface area contributed by atoms with Gasteiger partial charge in [-0.3, -0.25) is 0 Å². The van der Waals surface area contributed by atoms with E-state index in [9.17, 15) is 14.7 Å². The van der Waals surface area contributed by atoms with Crippen LogP contribution >= 0.6 is 7.94 Å². The second-order valence-electron chi connectivity index (χ2n) is 20.8. The van der Waals surface area contributed by atoms with Crippen LogP contribution in [0.3, 0.4) is 0 Å². The van der Waals surface area contributed by atoms with Crippen LogP contribution < -0.4 is 5.30 Å². The summed E-state index contributed by atoms with van der Waals surface area (Å²) in [6.07, 6.45) is 0. The van der Waals surface area contributed by atoms with Gasteiger partial charge in [0.2, 0.25) is 0 Å². The topological polar surface area (TPSA) is 60.7 Å². The molecule has 0 aromatic heterocycles. The van der Waals surface area contributed by atoms with E-state index in [2.05, 4.69) is 183 Å². The number of fused-ring (bicyclic) bond motifs is 3. The van der Waals surface area contributed by atoms with Crippen LogP contribution in [0.4, 0.5) is 0 Å². The van der Waals surface area contributed by atoms with Gasteiger partial charge in [-0.2, -0.15) is 14.7 Å². The fourth-order valence-corrected chi connectivity index (χ4v) is 9.48. The first kappa shape index (κ1) is 40.1. The van der Waals surface area contributed by atoms with Gasteiger partial charge in [-0.15, -0.1) is 0 Å². The number of rotatable bonds is 3. The summed E-state index contributed by atoms with van der Waals surface area (Å²) in [6.45, 7) is 33.2. The van der Waals surface area contributed by atoms with Crippen LogP contribution in [0.1, 0.15) is 132 Å². The Morgan fingerprint density at radius 2 is 0.778 bits per heavy atom. The molecule has 0 amide bonds. The van der Waals surface area contributed by atoms with Gasteiger partial charge in [0.15, 0.2) is 5.30 Å². The molecule has 0 fully saturated rings. The van der Waals surface area contributed by atoms with E-state index < -0.39 is 13.4 Å². The second-order valence-corrected chi connectivity index (χ2v) is 22.3. The minimum absolute atomic E-state index is 0.00608. The third kappa shape index (κ3) is 7.38. The van der Waals surface area contributed by atoms with Crippen molar-refractivity contribution in [2.24, 2.45) is 0 Å². The fourth-order valence-electron chi connectivity index (χ4n) is 8.19. The van der Waals surface area contributed by atoms with Crippen LogP contribution in [0.5, 0.6) is 0 Å². The maximum atomic E-state index is 11.9. The summed E-state index contributed by atoms with van der Waals surface area (Å²) in [5.74, 6) is 0. The van der Waals surface area contributed by atoms with Crippen LogP contribution in [-0.4, -0.2) is 14.7 Å². The van der Waals surface area contributed by atoms with Gasteiger partial charge in [0, 0.05) is 11.1 Å². The van der Waals surface area contributed by atoms with E-state index >= 15 is 0 Å². The van der Waals surface area contributed by atoms with Crippen molar-refractivity contribution in [3.63, 3.8) is 0 Å². The number of hydrogen-bond donors (Lipinski definition) is 3. The molecule has 6 aromatic carbocycles. The zero-order valence-electron chi connectivity index (χ0n) is 35.4. The Morgan fingerprint density at radius 3 is 1.13 bits per heavy atom. The molecule has 0 aliphatic heterocycles. The van der Waals surface area contributed by atoms with Crippen molar-refractivity contribution in [1.29, 1.82) is 0 Å². The number of benzene rings is 6. The van der Waals surface area contributed by atoms with Crippen molar-refractivity contribution in [3.8, 4) is 22.3 Å². The molecule has 284 valence electrons. The van der Waals surface area contributed by atoms with Gasteiger partial charge in [0.25, 0.3) is 0 Å². The Hall–Kier alpha value is -3.59. The van der Waals surface area contributed by atoms with Gasteiger partial charge >= 0.3 is 7.94 Å². The van der Waals surface area contributed by atoms with E-state index in [1.165, 1.54) is 22.1 Å². The molecule has 0 saturated heterocycles. The predicted octanol–water partition coefficient (Wildman–Crippen LogP) is 13.3. The van der Waals surface area contributed by atoms with Crippen molar-refractivity contribution in [2.45, 2.75) is 131 Å². The molecule has 54 heavy (non-hydrogen) atoms. The average Bonchev–Trinajstić information content (AvgIpc) is 3.03. The van der Waals surface area contributed by atoms with Gasteiger partial charge in [-0.25, -0.2) is 0 Å². The van der Waals surface area contributed by atoms with Crippen molar-refractivity contribution in [1.82, 2.24) is 0 Å². The molecule has 0 heterocycles. The average molecular weight is 742 g/mol. The second kappa shape index (κ2) is 13.0. The lowest BCUT2D eigenvalue weighted by Crippen LogP contribution is -2.29. The van der Waals surface area contributed by atoms with Crippen LogP contribution in [-0.2, 0) is 27.1 Å². The third-order valence-electron chi connectivity index (χ3n) is 11.1. The van der Waals surface area contributed by atoms with Gasteiger partial charge < -0.3 is 0 Å². The first-order valence-corrected chi connectivity index (χ1v) is 21.1. The van der Waals surface area contributed by atoms with Crippen LogP contribution in [0.2, 0.25) is 0 Å². The summed E-state index contributed by atoms with van der Waals surface area (Å²) in [6, 6.07) is 30.9. The molecule has 0 radical (unpaired) electrons. The van der Waals surface area contributed by atoms with Gasteiger partial charge in [-0.05, 0) is 123 Å². The van der Waals surface area contributed by atoms with E-state index in [1.807, 2.05) is 6.07 Å². The quantitative estimate of drug-likeness (QED) is 0.158. The molecular formula is C50H62O3P+. The minimum atomic E-state index is -4.65. The largest absolute Gasteiger partial charge is 0.441 e. The Bertz CT molecular complexity index is 2250. The predicted molar refractivity (Wildman–Crippen MR) is 237 cm³/mol. The summed E-state index contributed by atoms with van der Waals surface area (Å²) in [7, 11) is -4.65. The SMILES string of the molecule is CC(C)(C)c1ccc2cc(-c3c(C(C)(C)C)c([P+](O)(O)O)c(-c4cc5ccc(C(C)(C)C)cc5cc4C(C)(C)C)c4ccccc34)c(C(C)(C)C)cc2c1. The third-order valence-corrected chi connectivity index (χ3v) is 12.1. The van der Waals surface area contributed by atoms with Gasteiger partial charge in [-0.1, -0.05) is 165 Å². The molecule has 0 saturated carbocycles. The van der Waals surface area contributed by atoms with E-state index in [-0.39, 0.29) is 27.0 Å². The zero-order chi connectivity index (χ0) is 40.1. The van der Waals surface area contributed by atoms with Crippen LogP contribution in [0.25, 0.3) is 54.6 Å². The normalized spacial score (nSPS) is 13.7. The smallest absolute Gasteiger partial charge is 0.189 e. The Balaban J connectivity index is 1.86. The van der Waals surface area contributed by atoms with Crippen molar-refractivity contribution in [3.05, 3.63) is 113 Å². The fraction of sp³-hybridized carbons (Fsp3) is 0.400. The first-order valence-electron chi connectivity index (χ1n) is 19.4. The summed E-state index contributed by atoms with van der Waals surface area (Å²) in [4.78, 5) is 35.6. The van der Waals surface area contributed by atoms with Gasteiger partial charge in [0.1, 0.15) is 0 Å². The molecule has 0 spiro atoms. The molecule has 0 aliphatic rings. The highest BCUT2D eigenvalue weighted by molar-refractivity contribution is 7.67. The maximum Gasteiger partial charge on any atom is 0.441 e. The van der Waals surface area contributed by atoms with E-state index in [0.29, 0.717) is 5.56 Å². The molecule has 4 heteroatoms. The summed E-state index contributed by atoms with van der Waals surface area (Å²) >= 11 is 0. The highest BCUT2D eigenvalue weighted by atomic mass is 31.2. The lowest BCUT2D eigenvalue weighted by Gasteiger charge is -2.33. The summed E-state index contributed by atoms with van der Waals surface area (Å²) in [5.41, 5.74) is 8.02. The summed E-state index contributed by atoms with van der Waals surface area (Å²) < 4.78 is 0. The molecule has 3 N–H and O–H groups in total. The Morgan fingerprint density at radius 1 is 0.389 bits per heavy atom. The zero-order valence-corrected chi connectivity index (χ0v) is 36.3. The first-order chi connectivity index (χ1) is 24.6. The number of hydrogen-bond acceptors (Lipinski definition) is 3. The Labute approximate surface area is 325 Å². The van der Waals surface area contributed by atoms with Crippen molar-refractivity contribution in [2.75, 3.05) is 0 Å². The van der Waals surface area contributed by atoms with Crippen molar-refractivity contribution >= 4 is 45.6 Å². The van der Waals surface area contributed by atoms with E-state index in [0.717, 1.165) is 54.7 Å². The van der Waals surface area contributed by atoms with Gasteiger partial charge in [0.05, 0.1) is 0 Å². The van der Waals surface area contributed by atoms with Crippen LogP contribution in [0.15, 0.2) is 84.9 Å². The molecule has 0 bridgehead atoms. The molecule has 3 nitrogen and oxygen atoms in total. The molecule has 0 unspecified atom stereocenters. The molecular weight excluding hydrogens is 680 g/mol. The van der Waals surface area contributed by atoms with E-state index in [1.54, 1.807) is 0 Å². The van der Waals surface area contributed by atoms with E-state index in [4.69, 9.17) is 0 Å². The highest BCUT2D eigenvalue weighted by Crippen LogP contribution is 2.56. The Kier molecular flexibility index (Phi) is 9.64.